The minimum Gasteiger partial charge on any atom is -0.508 e. The van der Waals surface area contributed by atoms with Gasteiger partial charge in [-0.15, -0.1) is 0 Å². The number of nitrogens with one attached hydrogen (secondary N) is 2. The number of fused-ring (bicyclic) bond motifs is 11. The summed E-state index contributed by atoms with van der Waals surface area (Å²) < 4.78 is 18.6. The van der Waals surface area contributed by atoms with Gasteiger partial charge in [-0.05, 0) is 36.4 Å². The van der Waals surface area contributed by atoms with Gasteiger partial charge >= 0.3 is 0 Å². The number of ether oxygens (including phenoxy) is 3. The number of nitrogens with zero attached hydrogens (tertiary/aromatic N) is 3. The lowest BCUT2D eigenvalue weighted by atomic mass is 9.96. The first-order valence-corrected chi connectivity index (χ1v) is 17.0. The zero-order chi connectivity index (χ0) is 37.7. The van der Waals surface area contributed by atoms with Crippen LogP contribution in [-0.4, -0.2) is 107 Å². The topological polar surface area (TPSA) is 232 Å². The molecule has 2 aliphatic heterocycles. The van der Waals surface area contributed by atoms with Crippen molar-refractivity contribution < 1.29 is 54.4 Å². The van der Waals surface area contributed by atoms with E-state index in [2.05, 4.69) is 10.4 Å². The molecule has 0 spiro atoms. The number of aliphatic hydroxyl groups is 4. The average Bonchev–Trinajstić information content (AvgIpc) is 3.78. The van der Waals surface area contributed by atoms with Gasteiger partial charge in [0.15, 0.2) is 6.23 Å². The molecule has 0 radical (unpaired) electrons. The molecule has 0 saturated carbocycles. The summed E-state index contributed by atoms with van der Waals surface area (Å²) >= 11 is 0. The molecule has 276 valence electrons. The molecule has 0 unspecified atom stereocenters. The summed E-state index contributed by atoms with van der Waals surface area (Å²) in [6.07, 6.45) is -7.90. The molecule has 1 saturated heterocycles. The van der Waals surface area contributed by atoms with Gasteiger partial charge in [0, 0.05) is 45.1 Å². The molecule has 5 heterocycles. The fourth-order valence-corrected chi connectivity index (χ4v) is 7.94. The second kappa shape index (κ2) is 12.3. The molecule has 0 aliphatic carbocycles. The van der Waals surface area contributed by atoms with Gasteiger partial charge in [0.25, 0.3) is 11.8 Å². The number of hydrogen-bond acceptors (Lipinski definition) is 13. The Morgan fingerprint density at radius 3 is 2.26 bits per heavy atom. The number of aromatic nitrogens is 3. The molecule has 16 nitrogen and oxygen atoms in total. The second-order valence-electron chi connectivity index (χ2n) is 13.3. The highest BCUT2D eigenvalue weighted by Crippen LogP contribution is 2.48. The number of carbonyl (C=O) groups is 2. The van der Waals surface area contributed by atoms with E-state index >= 15 is 0 Å². The van der Waals surface area contributed by atoms with Crippen molar-refractivity contribution in [3.8, 4) is 23.0 Å². The SMILES string of the molecule is COc1cc(CNN2C(=O)c3c(c4c5ccc(O)cc5n([C@@H]5O[C@H](CO)[C@@H](O)[C@H](O)[C@H]5O)c4c4[nH]c5cc(O)ccc5c34)C2=O)nc2c(OC)cccc12. The highest BCUT2D eigenvalue weighted by Gasteiger charge is 2.47. The molecule has 1 fully saturated rings. The Hall–Kier alpha value is -6.01. The van der Waals surface area contributed by atoms with E-state index in [0.717, 1.165) is 5.01 Å². The number of imide groups is 1. The average molecular weight is 736 g/mol. The number of aliphatic hydroxyl groups excluding tert-OH is 4. The lowest BCUT2D eigenvalue weighted by Crippen LogP contribution is -2.56. The van der Waals surface area contributed by atoms with Crippen LogP contribution in [0.2, 0.25) is 0 Å². The van der Waals surface area contributed by atoms with Gasteiger partial charge in [-0.3, -0.25) is 9.59 Å². The highest BCUT2D eigenvalue weighted by atomic mass is 16.6. The number of aromatic hydroxyl groups is 2. The third-order valence-corrected chi connectivity index (χ3v) is 10.4. The van der Waals surface area contributed by atoms with E-state index in [9.17, 15) is 40.2 Å². The molecule has 7 aromatic rings. The van der Waals surface area contributed by atoms with E-state index in [1.165, 1.54) is 43.1 Å². The molecular formula is C38H33N5O11. The fourth-order valence-electron chi connectivity index (χ4n) is 7.94. The number of para-hydroxylation sites is 1. The van der Waals surface area contributed by atoms with E-state index in [0.29, 0.717) is 55.3 Å². The maximum Gasteiger partial charge on any atom is 0.276 e. The zero-order valence-corrected chi connectivity index (χ0v) is 28.6. The van der Waals surface area contributed by atoms with E-state index in [4.69, 9.17) is 19.2 Å². The standard InChI is InChI=1S/C38H33N5O11/c1-52-23-5-3-4-20-24(53-2)10-15(40-30(20)23)13-39-43-36(50)28-26-18-8-6-16(45)11-21(18)41-31(26)32-27(29(28)37(43)51)19-9-7-17(46)12-22(19)42(32)38-35(49)34(48)33(47)25(14-44)54-38/h3-12,25,33-35,38-39,41,44-49H,13-14H2,1-2H3/t25-,33-,34+,35-,38-/m1/s1. The van der Waals surface area contributed by atoms with Crippen LogP contribution in [0.5, 0.6) is 23.0 Å². The predicted molar refractivity (Wildman–Crippen MR) is 193 cm³/mol. The summed E-state index contributed by atoms with van der Waals surface area (Å²) in [6, 6.07) is 16.0. The van der Waals surface area contributed by atoms with Crippen LogP contribution in [0.3, 0.4) is 0 Å². The number of pyridine rings is 1. The van der Waals surface area contributed by atoms with Crippen LogP contribution in [0.15, 0.2) is 60.7 Å². The molecule has 54 heavy (non-hydrogen) atoms. The smallest absolute Gasteiger partial charge is 0.276 e. The Morgan fingerprint density at radius 2 is 1.54 bits per heavy atom. The van der Waals surface area contributed by atoms with Gasteiger partial charge in [0.1, 0.15) is 52.9 Å². The number of hydrazine groups is 1. The van der Waals surface area contributed by atoms with Crippen LogP contribution in [0.25, 0.3) is 54.5 Å². The predicted octanol–water partition coefficient (Wildman–Crippen LogP) is 2.68. The van der Waals surface area contributed by atoms with Crippen molar-refractivity contribution in [3.05, 3.63) is 77.5 Å². The van der Waals surface area contributed by atoms with Crippen LogP contribution in [-0.2, 0) is 11.3 Å². The second-order valence-corrected chi connectivity index (χ2v) is 13.3. The largest absolute Gasteiger partial charge is 0.508 e. The third-order valence-electron chi connectivity index (χ3n) is 10.4. The normalized spacial score (nSPS) is 21.7. The number of carbonyl (C=O) groups excluding carboxylic acids is 2. The van der Waals surface area contributed by atoms with Crippen molar-refractivity contribution in [2.24, 2.45) is 0 Å². The summed E-state index contributed by atoms with van der Waals surface area (Å²) in [5.41, 5.74) is 5.21. The van der Waals surface area contributed by atoms with Crippen molar-refractivity contribution >= 4 is 66.3 Å². The number of phenols is 2. The Morgan fingerprint density at radius 1 is 0.833 bits per heavy atom. The Bertz CT molecular complexity index is 2720. The molecule has 3 aromatic heterocycles. The third kappa shape index (κ3) is 4.68. The lowest BCUT2D eigenvalue weighted by molar-refractivity contribution is -0.249. The van der Waals surface area contributed by atoms with E-state index in [1.807, 2.05) is 12.1 Å². The zero-order valence-electron chi connectivity index (χ0n) is 28.6. The minimum atomic E-state index is -1.75. The van der Waals surface area contributed by atoms with E-state index < -0.39 is 49.1 Å². The summed E-state index contributed by atoms with van der Waals surface area (Å²) in [5, 5.41) is 67.0. The number of amides is 2. The summed E-state index contributed by atoms with van der Waals surface area (Å²) in [5.74, 6) is -0.610. The molecule has 0 bridgehead atoms. The van der Waals surface area contributed by atoms with Gasteiger partial charge in [-0.2, -0.15) is 0 Å². The lowest BCUT2D eigenvalue weighted by Gasteiger charge is -2.41. The van der Waals surface area contributed by atoms with Crippen LogP contribution in [0.1, 0.15) is 32.6 Å². The monoisotopic (exact) mass is 735 g/mol. The van der Waals surface area contributed by atoms with Crippen molar-refractivity contribution in [2.75, 3.05) is 20.8 Å². The van der Waals surface area contributed by atoms with Gasteiger partial charge in [0.2, 0.25) is 0 Å². The number of phenolic OH excluding ortho intramolecular Hbond substituents is 2. The Labute approximate surface area is 303 Å². The molecular weight excluding hydrogens is 702 g/mol. The van der Waals surface area contributed by atoms with Gasteiger partial charge in [-0.1, -0.05) is 6.07 Å². The minimum absolute atomic E-state index is 0.00808. The first kappa shape index (κ1) is 33.8. The molecule has 2 amide bonds. The molecule has 2 aliphatic rings. The Kier molecular flexibility index (Phi) is 7.68. The quantitative estimate of drug-likeness (QED) is 0.110. The summed E-state index contributed by atoms with van der Waals surface area (Å²) in [7, 11) is 3.05. The molecule has 5 atom stereocenters. The fraction of sp³-hybridized carbons (Fsp3) is 0.237. The maximum absolute atomic E-state index is 14.7. The number of H-pyrrole nitrogens is 1. The van der Waals surface area contributed by atoms with E-state index in [-0.39, 0.29) is 45.6 Å². The first-order valence-electron chi connectivity index (χ1n) is 17.0. The van der Waals surface area contributed by atoms with Crippen LogP contribution in [0.4, 0.5) is 0 Å². The number of benzene rings is 4. The number of rotatable bonds is 7. The van der Waals surface area contributed by atoms with Crippen LogP contribution < -0.4 is 14.9 Å². The molecule has 16 heteroatoms. The molecule has 4 aromatic carbocycles. The van der Waals surface area contributed by atoms with Crippen molar-refractivity contribution in [1.29, 1.82) is 0 Å². The molecule has 8 N–H and O–H groups in total. The van der Waals surface area contributed by atoms with Crippen molar-refractivity contribution in [2.45, 2.75) is 37.2 Å². The van der Waals surface area contributed by atoms with Gasteiger partial charge < -0.3 is 54.4 Å². The first-order chi connectivity index (χ1) is 26.1. The van der Waals surface area contributed by atoms with Gasteiger partial charge in [0.05, 0.1) is 66.3 Å². The number of methoxy groups -OCH3 is 2. The summed E-state index contributed by atoms with van der Waals surface area (Å²) in [6.45, 7) is -0.775. The number of aromatic amines is 1. The van der Waals surface area contributed by atoms with Crippen molar-refractivity contribution in [1.82, 2.24) is 25.0 Å². The highest BCUT2D eigenvalue weighted by molar-refractivity contribution is 6.39. The maximum atomic E-state index is 14.7. The van der Waals surface area contributed by atoms with Crippen molar-refractivity contribution in [3.63, 3.8) is 0 Å². The summed E-state index contributed by atoms with van der Waals surface area (Å²) in [4.78, 5) is 37.2. The van der Waals surface area contributed by atoms with E-state index in [1.54, 1.807) is 24.3 Å². The molecule has 9 rings (SSSR count). The van der Waals surface area contributed by atoms with Gasteiger partial charge in [-0.25, -0.2) is 15.4 Å². The van der Waals surface area contributed by atoms with Crippen LogP contribution >= 0.6 is 0 Å². The van der Waals surface area contributed by atoms with Crippen LogP contribution in [0, 0.1) is 0 Å². The number of hydrogen-bond donors (Lipinski definition) is 8. The Balaban J connectivity index is 1.28.